The van der Waals surface area contributed by atoms with E-state index in [4.69, 9.17) is 0 Å². The molecule has 0 saturated carbocycles. The Morgan fingerprint density at radius 3 is 1.97 bits per heavy atom. The fourth-order valence-corrected chi connectivity index (χ4v) is 4.05. The Hall–Kier alpha value is -4.06. The number of amides is 2. The zero-order valence-electron chi connectivity index (χ0n) is 17.5. The second-order valence-electron chi connectivity index (χ2n) is 7.77. The lowest BCUT2D eigenvalue weighted by molar-refractivity contribution is 0.0536. The molecule has 158 valence electrons. The van der Waals surface area contributed by atoms with Crippen LogP contribution in [0.25, 0.3) is 22.2 Å². The second kappa shape index (κ2) is 8.59. The van der Waals surface area contributed by atoms with Gasteiger partial charge in [-0.05, 0) is 16.8 Å². The summed E-state index contributed by atoms with van der Waals surface area (Å²) in [5.41, 5.74) is 2.07. The number of fused-ring (bicyclic) bond motifs is 1. The summed E-state index contributed by atoms with van der Waals surface area (Å²) < 4.78 is 0. The van der Waals surface area contributed by atoms with Gasteiger partial charge in [0.05, 0.1) is 5.56 Å². The summed E-state index contributed by atoms with van der Waals surface area (Å²) in [4.78, 5) is 38.3. The van der Waals surface area contributed by atoms with E-state index in [-0.39, 0.29) is 11.8 Å². The molecule has 1 aliphatic rings. The molecule has 4 aromatic rings. The molecule has 0 bridgehead atoms. The van der Waals surface area contributed by atoms with Gasteiger partial charge in [-0.2, -0.15) is 0 Å². The van der Waals surface area contributed by atoms with Gasteiger partial charge in [0.25, 0.3) is 11.8 Å². The van der Waals surface area contributed by atoms with Crippen molar-refractivity contribution in [3.8, 4) is 11.4 Å². The second-order valence-corrected chi connectivity index (χ2v) is 7.77. The minimum absolute atomic E-state index is 0.00412. The average Bonchev–Trinajstić information content (AvgIpc) is 2.88. The first-order chi connectivity index (χ1) is 15.7. The smallest absolute Gasteiger partial charge is 0.257 e. The number of carbonyl (C=O) groups excluding carboxylic acids is 2. The Labute approximate surface area is 186 Å². The van der Waals surface area contributed by atoms with Gasteiger partial charge < -0.3 is 9.80 Å². The third-order valence-electron chi connectivity index (χ3n) is 5.80. The molecule has 6 nitrogen and oxygen atoms in total. The normalized spacial score (nSPS) is 13.9. The van der Waals surface area contributed by atoms with E-state index in [1.54, 1.807) is 17.3 Å². The fourth-order valence-electron chi connectivity index (χ4n) is 4.05. The lowest BCUT2D eigenvalue weighted by Gasteiger charge is -2.35. The number of aromatic nitrogens is 2. The molecule has 0 radical (unpaired) electrons. The highest BCUT2D eigenvalue weighted by Gasteiger charge is 2.26. The minimum Gasteiger partial charge on any atom is -0.335 e. The van der Waals surface area contributed by atoms with Crippen molar-refractivity contribution in [2.75, 3.05) is 26.2 Å². The Morgan fingerprint density at radius 2 is 1.25 bits per heavy atom. The van der Waals surface area contributed by atoms with Crippen molar-refractivity contribution in [2.24, 2.45) is 0 Å². The number of carbonyl (C=O) groups is 2. The van der Waals surface area contributed by atoms with Crippen LogP contribution in [0.4, 0.5) is 0 Å². The van der Waals surface area contributed by atoms with Crippen LogP contribution in [0, 0.1) is 0 Å². The molecule has 0 N–H and O–H groups in total. The number of nitrogens with zero attached hydrogens (tertiary/aromatic N) is 4. The molecule has 0 aliphatic carbocycles. The molecular formula is C26H22N4O2. The van der Waals surface area contributed by atoms with Crippen LogP contribution in [0.2, 0.25) is 0 Å². The summed E-state index contributed by atoms with van der Waals surface area (Å²) in [5.74, 6) is 0.485. The molecule has 0 spiro atoms. The number of hydrogen-bond acceptors (Lipinski definition) is 4. The van der Waals surface area contributed by atoms with E-state index in [0.717, 1.165) is 16.3 Å². The van der Waals surface area contributed by atoms with E-state index < -0.39 is 0 Å². The minimum atomic E-state index is -0.109. The van der Waals surface area contributed by atoms with Gasteiger partial charge >= 0.3 is 0 Å². The molecule has 2 amide bonds. The third kappa shape index (κ3) is 3.83. The SMILES string of the molecule is O=C(c1cnc(-c2ccccc2)nc1)N1CCN(C(=O)c2cccc3ccccc23)CC1. The number of piperazine rings is 1. The summed E-state index contributed by atoms with van der Waals surface area (Å²) in [6, 6.07) is 23.3. The predicted octanol–water partition coefficient (Wildman–Crippen LogP) is 3.90. The molecule has 3 aromatic carbocycles. The van der Waals surface area contributed by atoms with Gasteiger partial charge in [-0.1, -0.05) is 66.7 Å². The summed E-state index contributed by atoms with van der Waals surface area (Å²) in [5, 5.41) is 2.00. The van der Waals surface area contributed by atoms with Gasteiger partial charge in [0, 0.05) is 49.7 Å². The maximum absolute atomic E-state index is 13.1. The first-order valence-corrected chi connectivity index (χ1v) is 10.6. The quantitative estimate of drug-likeness (QED) is 0.502. The van der Waals surface area contributed by atoms with Crippen molar-refractivity contribution in [3.63, 3.8) is 0 Å². The van der Waals surface area contributed by atoms with E-state index >= 15 is 0 Å². The molecule has 1 aliphatic heterocycles. The highest BCUT2D eigenvalue weighted by Crippen LogP contribution is 2.21. The molecule has 0 atom stereocenters. The zero-order valence-corrected chi connectivity index (χ0v) is 17.5. The van der Waals surface area contributed by atoms with Crippen LogP contribution < -0.4 is 0 Å². The maximum atomic E-state index is 13.1. The van der Waals surface area contributed by atoms with Crippen molar-refractivity contribution < 1.29 is 9.59 Å². The van der Waals surface area contributed by atoms with E-state index in [0.29, 0.717) is 43.1 Å². The highest BCUT2D eigenvalue weighted by atomic mass is 16.2. The summed E-state index contributed by atoms with van der Waals surface area (Å²) in [7, 11) is 0. The van der Waals surface area contributed by atoms with Crippen LogP contribution in [0.5, 0.6) is 0 Å². The monoisotopic (exact) mass is 422 g/mol. The van der Waals surface area contributed by atoms with Gasteiger partial charge in [0.1, 0.15) is 0 Å². The lowest BCUT2D eigenvalue weighted by Crippen LogP contribution is -2.50. The number of rotatable bonds is 3. The van der Waals surface area contributed by atoms with Gasteiger partial charge in [0.15, 0.2) is 5.82 Å². The van der Waals surface area contributed by atoms with E-state index in [9.17, 15) is 9.59 Å². The van der Waals surface area contributed by atoms with E-state index in [1.165, 1.54) is 0 Å². The van der Waals surface area contributed by atoms with Gasteiger partial charge in [-0.3, -0.25) is 9.59 Å². The first kappa shape index (κ1) is 19.9. The topological polar surface area (TPSA) is 66.4 Å². The van der Waals surface area contributed by atoms with Crippen molar-refractivity contribution >= 4 is 22.6 Å². The molecule has 5 rings (SSSR count). The predicted molar refractivity (Wildman–Crippen MR) is 123 cm³/mol. The standard InChI is InChI=1S/C26H22N4O2/c31-25(21-17-27-24(28-18-21)20-8-2-1-3-9-20)29-13-15-30(16-14-29)26(32)23-12-6-10-19-7-4-5-11-22(19)23/h1-12,17-18H,13-16H2. The van der Waals surface area contributed by atoms with Crippen LogP contribution >= 0.6 is 0 Å². The fraction of sp³-hybridized carbons (Fsp3) is 0.154. The molecule has 32 heavy (non-hydrogen) atoms. The molecule has 1 aromatic heterocycles. The summed E-state index contributed by atoms with van der Waals surface area (Å²) >= 11 is 0. The Morgan fingerprint density at radius 1 is 0.656 bits per heavy atom. The van der Waals surface area contributed by atoms with Crippen LogP contribution in [0.15, 0.2) is 85.2 Å². The first-order valence-electron chi connectivity index (χ1n) is 10.6. The number of benzene rings is 3. The van der Waals surface area contributed by atoms with Crippen LogP contribution in [0.3, 0.4) is 0 Å². The molecular weight excluding hydrogens is 400 g/mol. The largest absolute Gasteiger partial charge is 0.335 e. The third-order valence-corrected chi connectivity index (χ3v) is 5.80. The zero-order chi connectivity index (χ0) is 21.9. The average molecular weight is 422 g/mol. The van der Waals surface area contributed by atoms with Crippen molar-refractivity contribution in [1.29, 1.82) is 0 Å². The van der Waals surface area contributed by atoms with E-state index in [2.05, 4.69) is 9.97 Å². The molecule has 6 heteroatoms. The summed E-state index contributed by atoms with van der Waals surface area (Å²) in [6.45, 7) is 1.96. The molecule has 1 saturated heterocycles. The van der Waals surface area contributed by atoms with Crippen molar-refractivity contribution in [1.82, 2.24) is 19.8 Å². The molecule has 1 fully saturated rings. The van der Waals surface area contributed by atoms with Crippen molar-refractivity contribution in [3.05, 3.63) is 96.3 Å². The number of hydrogen-bond donors (Lipinski definition) is 0. The Balaban J connectivity index is 1.25. The van der Waals surface area contributed by atoms with Gasteiger partial charge in [-0.25, -0.2) is 9.97 Å². The Kier molecular flexibility index (Phi) is 5.34. The highest BCUT2D eigenvalue weighted by molar-refractivity contribution is 6.07. The van der Waals surface area contributed by atoms with Crippen LogP contribution in [0.1, 0.15) is 20.7 Å². The molecule has 0 unspecified atom stereocenters. The van der Waals surface area contributed by atoms with Crippen LogP contribution in [-0.2, 0) is 0 Å². The summed E-state index contributed by atoms with van der Waals surface area (Å²) in [6.07, 6.45) is 3.15. The lowest BCUT2D eigenvalue weighted by atomic mass is 10.0. The van der Waals surface area contributed by atoms with Crippen molar-refractivity contribution in [2.45, 2.75) is 0 Å². The maximum Gasteiger partial charge on any atom is 0.257 e. The van der Waals surface area contributed by atoms with Gasteiger partial charge in [-0.15, -0.1) is 0 Å². The van der Waals surface area contributed by atoms with Crippen LogP contribution in [-0.4, -0.2) is 57.8 Å². The van der Waals surface area contributed by atoms with E-state index in [1.807, 2.05) is 77.7 Å². The molecule has 2 heterocycles. The Bertz CT molecular complexity index is 1260. The van der Waals surface area contributed by atoms with Gasteiger partial charge in [0.2, 0.25) is 0 Å².